The summed E-state index contributed by atoms with van der Waals surface area (Å²) >= 11 is 0. The summed E-state index contributed by atoms with van der Waals surface area (Å²) in [6, 6.07) is 10.5. The van der Waals surface area contributed by atoms with Crippen molar-refractivity contribution in [3.05, 3.63) is 35.9 Å². The van der Waals surface area contributed by atoms with E-state index in [0.717, 1.165) is 19.4 Å². The van der Waals surface area contributed by atoms with Gasteiger partial charge in [0.1, 0.15) is 0 Å². The molecule has 0 aromatic heterocycles. The van der Waals surface area contributed by atoms with E-state index in [0.29, 0.717) is 6.54 Å². The van der Waals surface area contributed by atoms with Crippen molar-refractivity contribution < 1.29 is 9.84 Å². The molecule has 0 saturated carbocycles. The Morgan fingerprint density at radius 1 is 1.32 bits per heavy atom. The first-order valence-corrected chi connectivity index (χ1v) is 7.04. The Hall–Kier alpha value is -0.900. The number of ether oxygens (including phenoxy) is 1. The molecule has 0 bridgehead atoms. The van der Waals surface area contributed by atoms with Crippen LogP contribution in [0.25, 0.3) is 0 Å². The van der Waals surface area contributed by atoms with Gasteiger partial charge in [-0.3, -0.25) is 0 Å². The van der Waals surface area contributed by atoms with Gasteiger partial charge in [-0.1, -0.05) is 30.3 Å². The first-order valence-electron chi connectivity index (χ1n) is 7.04. The van der Waals surface area contributed by atoms with Gasteiger partial charge in [-0.25, -0.2) is 0 Å². The summed E-state index contributed by atoms with van der Waals surface area (Å²) in [5, 5.41) is 9.75. The van der Waals surface area contributed by atoms with Crippen molar-refractivity contribution in [2.45, 2.75) is 37.7 Å². The number of aliphatic hydroxyl groups excluding tert-OH is 1. The maximum atomic E-state index is 9.75. The number of benzene rings is 1. The van der Waals surface area contributed by atoms with E-state index in [1.807, 2.05) is 6.07 Å². The lowest BCUT2D eigenvalue weighted by Gasteiger charge is -2.49. The number of hydrogen-bond acceptors (Lipinski definition) is 3. The minimum Gasteiger partial charge on any atom is -0.396 e. The van der Waals surface area contributed by atoms with Gasteiger partial charge in [0.05, 0.1) is 5.60 Å². The molecule has 1 aromatic carbocycles. The van der Waals surface area contributed by atoms with Crippen LogP contribution in [0.5, 0.6) is 0 Å². The lowest BCUT2D eigenvalue weighted by atomic mass is 9.62. The molecule has 0 radical (unpaired) electrons. The van der Waals surface area contributed by atoms with Gasteiger partial charge in [-0.05, 0) is 38.8 Å². The van der Waals surface area contributed by atoms with Crippen LogP contribution in [-0.4, -0.2) is 30.5 Å². The molecule has 0 amide bonds. The molecule has 1 aliphatic rings. The zero-order valence-corrected chi connectivity index (χ0v) is 11.9. The summed E-state index contributed by atoms with van der Waals surface area (Å²) in [5.41, 5.74) is 6.95. The van der Waals surface area contributed by atoms with Crippen molar-refractivity contribution in [3.8, 4) is 0 Å². The number of nitrogens with two attached hydrogens (primary N) is 1. The van der Waals surface area contributed by atoms with Crippen LogP contribution in [0.15, 0.2) is 30.3 Å². The zero-order chi connectivity index (χ0) is 13.9. The second kappa shape index (κ2) is 5.61. The summed E-state index contributed by atoms with van der Waals surface area (Å²) in [6.45, 7) is 5.59. The zero-order valence-electron chi connectivity index (χ0n) is 11.9. The van der Waals surface area contributed by atoms with Crippen molar-refractivity contribution in [2.75, 3.05) is 19.8 Å². The first kappa shape index (κ1) is 14.5. The molecule has 3 N–H and O–H groups in total. The Balaban J connectivity index is 2.44. The summed E-state index contributed by atoms with van der Waals surface area (Å²) in [5.74, 6) is 0.0816. The quantitative estimate of drug-likeness (QED) is 0.874. The van der Waals surface area contributed by atoms with Crippen LogP contribution in [0, 0.1) is 5.92 Å². The van der Waals surface area contributed by atoms with Gasteiger partial charge in [0.2, 0.25) is 0 Å². The molecular formula is C16H25NO2. The third kappa shape index (κ3) is 2.83. The summed E-state index contributed by atoms with van der Waals surface area (Å²) in [7, 11) is 0. The Morgan fingerprint density at radius 3 is 2.53 bits per heavy atom. The maximum Gasteiger partial charge on any atom is 0.0635 e. The molecule has 19 heavy (non-hydrogen) atoms. The Labute approximate surface area is 115 Å². The predicted molar refractivity (Wildman–Crippen MR) is 77.0 cm³/mol. The van der Waals surface area contributed by atoms with Gasteiger partial charge < -0.3 is 15.6 Å². The van der Waals surface area contributed by atoms with E-state index >= 15 is 0 Å². The SMILES string of the molecule is CC1(C)CC(c2ccccc2)(C(CN)CO)CCO1. The average molecular weight is 263 g/mol. The molecule has 2 atom stereocenters. The molecule has 1 heterocycles. The van der Waals surface area contributed by atoms with Crippen molar-refractivity contribution >= 4 is 0 Å². The minimum atomic E-state index is -0.170. The lowest BCUT2D eigenvalue weighted by Crippen LogP contribution is -2.51. The lowest BCUT2D eigenvalue weighted by molar-refractivity contribution is -0.0983. The molecule has 1 aromatic rings. The van der Waals surface area contributed by atoms with E-state index in [1.54, 1.807) is 0 Å². The molecule has 0 aliphatic carbocycles. The fourth-order valence-electron chi connectivity index (χ4n) is 3.48. The molecular weight excluding hydrogens is 238 g/mol. The standard InChI is InChI=1S/C16H25NO2/c1-15(2)12-16(8-9-19-15,14(10-17)11-18)13-6-4-3-5-7-13/h3-7,14,18H,8-12,17H2,1-2H3. The van der Waals surface area contributed by atoms with Gasteiger partial charge in [0, 0.05) is 24.5 Å². The maximum absolute atomic E-state index is 9.75. The topological polar surface area (TPSA) is 55.5 Å². The second-order valence-electron chi connectivity index (χ2n) is 6.17. The highest BCUT2D eigenvalue weighted by Gasteiger charge is 2.46. The number of hydrogen-bond donors (Lipinski definition) is 2. The molecule has 1 saturated heterocycles. The molecule has 106 valence electrons. The van der Waals surface area contributed by atoms with Gasteiger partial charge >= 0.3 is 0 Å². The Kier molecular flexibility index (Phi) is 4.29. The minimum absolute atomic E-state index is 0.0769. The second-order valence-corrected chi connectivity index (χ2v) is 6.17. The van der Waals surface area contributed by atoms with Crippen molar-refractivity contribution in [2.24, 2.45) is 11.7 Å². The highest BCUT2D eigenvalue weighted by atomic mass is 16.5. The molecule has 1 aliphatic heterocycles. The monoisotopic (exact) mass is 263 g/mol. The van der Waals surface area contributed by atoms with Gasteiger partial charge in [0.15, 0.2) is 0 Å². The van der Waals surface area contributed by atoms with Gasteiger partial charge in [-0.15, -0.1) is 0 Å². The van der Waals surface area contributed by atoms with Crippen LogP contribution < -0.4 is 5.73 Å². The molecule has 3 heteroatoms. The summed E-state index contributed by atoms with van der Waals surface area (Å²) in [6.07, 6.45) is 1.81. The Morgan fingerprint density at radius 2 is 2.00 bits per heavy atom. The Bertz CT molecular complexity index is 400. The van der Waals surface area contributed by atoms with Gasteiger partial charge in [0.25, 0.3) is 0 Å². The smallest absolute Gasteiger partial charge is 0.0635 e. The highest BCUT2D eigenvalue weighted by Crippen LogP contribution is 2.46. The largest absolute Gasteiger partial charge is 0.396 e. The molecule has 3 nitrogen and oxygen atoms in total. The van der Waals surface area contributed by atoms with Crippen molar-refractivity contribution in [1.82, 2.24) is 0 Å². The summed E-state index contributed by atoms with van der Waals surface area (Å²) in [4.78, 5) is 0. The average Bonchev–Trinajstić information content (AvgIpc) is 2.40. The van der Waals surface area contributed by atoms with Crippen LogP contribution in [0.2, 0.25) is 0 Å². The third-order valence-corrected chi connectivity index (χ3v) is 4.42. The highest BCUT2D eigenvalue weighted by molar-refractivity contribution is 5.28. The van der Waals surface area contributed by atoms with E-state index < -0.39 is 0 Å². The number of rotatable bonds is 4. The fourth-order valence-corrected chi connectivity index (χ4v) is 3.48. The van der Waals surface area contributed by atoms with Crippen LogP contribution >= 0.6 is 0 Å². The van der Waals surface area contributed by atoms with E-state index in [-0.39, 0.29) is 23.5 Å². The van der Waals surface area contributed by atoms with E-state index in [4.69, 9.17) is 10.5 Å². The van der Waals surface area contributed by atoms with Crippen LogP contribution in [0.1, 0.15) is 32.3 Å². The first-order chi connectivity index (χ1) is 9.04. The predicted octanol–water partition coefficient (Wildman–Crippen LogP) is 2.08. The van der Waals surface area contributed by atoms with Crippen LogP contribution in [-0.2, 0) is 10.2 Å². The molecule has 0 spiro atoms. The molecule has 1 fully saturated rings. The molecule has 2 unspecified atom stereocenters. The fraction of sp³-hybridized carbons (Fsp3) is 0.625. The van der Waals surface area contributed by atoms with Gasteiger partial charge in [-0.2, -0.15) is 0 Å². The van der Waals surface area contributed by atoms with Crippen molar-refractivity contribution in [1.29, 1.82) is 0 Å². The van der Waals surface area contributed by atoms with Crippen LogP contribution in [0.4, 0.5) is 0 Å². The van der Waals surface area contributed by atoms with Crippen molar-refractivity contribution in [3.63, 3.8) is 0 Å². The normalized spacial score (nSPS) is 28.0. The van der Waals surface area contributed by atoms with E-state index in [1.165, 1.54) is 5.56 Å². The van der Waals surface area contributed by atoms with E-state index in [9.17, 15) is 5.11 Å². The molecule has 2 rings (SSSR count). The number of aliphatic hydroxyl groups is 1. The third-order valence-electron chi connectivity index (χ3n) is 4.42. The van der Waals surface area contributed by atoms with E-state index in [2.05, 4.69) is 38.1 Å². The van der Waals surface area contributed by atoms with Crippen LogP contribution in [0.3, 0.4) is 0 Å². The summed E-state index contributed by atoms with van der Waals surface area (Å²) < 4.78 is 5.86.